The van der Waals surface area contributed by atoms with Crippen molar-refractivity contribution in [2.24, 2.45) is 7.05 Å². The maximum Gasteiger partial charge on any atom is 0.241 e. The molecule has 0 bridgehead atoms. The minimum absolute atomic E-state index is 0.00781. The molecule has 1 aromatic carbocycles. The minimum atomic E-state index is -1.18. The van der Waals surface area contributed by atoms with Gasteiger partial charge in [-0.2, -0.15) is 0 Å². The van der Waals surface area contributed by atoms with Crippen molar-refractivity contribution in [3.63, 3.8) is 0 Å². The Hall–Kier alpha value is -3.26. The van der Waals surface area contributed by atoms with Crippen LogP contribution in [0.4, 0.5) is 0 Å². The summed E-state index contributed by atoms with van der Waals surface area (Å²) < 4.78 is 1.95. The number of nitrogens with zero attached hydrogens (tertiary/aromatic N) is 4. The number of hydrogen-bond donors (Lipinski definition) is 0. The Morgan fingerprint density at radius 2 is 1.97 bits per heavy atom. The standard InChI is InChI=1S/C26H28N4O3S/c1-28-14-12-27-24(28)21-11-5-6-13-29(21)22(31)16-26(19-8-3-2-4-9-19)17-23(32)30(25(26)33)18-20-10-7-15-34-20/h2-4,7-10,12,14-15,21H,5-6,11,13,16-18H2,1H3/t21-,26+/m0/s1. The number of hydrogen-bond acceptors (Lipinski definition) is 5. The third kappa shape index (κ3) is 3.96. The van der Waals surface area contributed by atoms with Crippen LogP contribution >= 0.6 is 11.3 Å². The summed E-state index contributed by atoms with van der Waals surface area (Å²) in [5.74, 6) is 0.246. The van der Waals surface area contributed by atoms with Crippen molar-refractivity contribution in [3.8, 4) is 0 Å². The van der Waals surface area contributed by atoms with E-state index in [4.69, 9.17) is 0 Å². The predicted octanol–water partition coefficient (Wildman–Crippen LogP) is 3.82. The fraction of sp³-hybridized carbons (Fsp3) is 0.385. The highest BCUT2D eigenvalue weighted by molar-refractivity contribution is 7.09. The molecular formula is C26H28N4O3S. The van der Waals surface area contributed by atoms with Gasteiger partial charge in [-0.15, -0.1) is 11.3 Å². The van der Waals surface area contributed by atoms with Gasteiger partial charge in [-0.05, 0) is 36.3 Å². The Bertz CT molecular complexity index is 1190. The summed E-state index contributed by atoms with van der Waals surface area (Å²) in [6, 6.07) is 13.0. The van der Waals surface area contributed by atoms with Gasteiger partial charge >= 0.3 is 0 Å². The van der Waals surface area contributed by atoms with Crippen LogP contribution in [0.15, 0.2) is 60.2 Å². The fourth-order valence-corrected chi connectivity index (χ4v) is 5.99. The lowest BCUT2D eigenvalue weighted by atomic mass is 9.75. The van der Waals surface area contributed by atoms with Crippen LogP contribution in [-0.4, -0.2) is 43.6 Å². The van der Waals surface area contributed by atoms with Crippen molar-refractivity contribution in [2.45, 2.75) is 50.1 Å². The molecule has 2 saturated heterocycles. The third-order valence-electron chi connectivity index (χ3n) is 7.06. The highest BCUT2D eigenvalue weighted by Gasteiger charge is 2.54. The van der Waals surface area contributed by atoms with Crippen LogP contribution < -0.4 is 0 Å². The average Bonchev–Trinajstić information content (AvgIpc) is 3.58. The Morgan fingerprint density at radius 3 is 2.68 bits per heavy atom. The fourth-order valence-electron chi connectivity index (χ4n) is 5.30. The lowest BCUT2D eigenvalue weighted by Crippen LogP contribution is -2.46. The summed E-state index contributed by atoms with van der Waals surface area (Å²) >= 11 is 1.52. The van der Waals surface area contributed by atoms with E-state index in [9.17, 15) is 14.4 Å². The molecule has 2 aliphatic heterocycles. The van der Waals surface area contributed by atoms with Gasteiger partial charge in [0.2, 0.25) is 17.7 Å². The zero-order valence-corrected chi connectivity index (χ0v) is 20.0. The molecule has 0 spiro atoms. The molecule has 0 saturated carbocycles. The average molecular weight is 477 g/mol. The number of benzene rings is 1. The number of rotatable bonds is 6. The molecule has 176 valence electrons. The molecular weight excluding hydrogens is 448 g/mol. The lowest BCUT2D eigenvalue weighted by Gasteiger charge is -2.37. The van der Waals surface area contributed by atoms with Crippen molar-refractivity contribution in [1.82, 2.24) is 19.4 Å². The van der Waals surface area contributed by atoms with Gasteiger partial charge in [0.15, 0.2) is 0 Å². The normalized spacial score (nSPS) is 23.0. The molecule has 0 N–H and O–H groups in total. The van der Waals surface area contributed by atoms with Crippen LogP contribution in [-0.2, 0) is 33.4 Å². The number of amides is 3. The number of likely N-dealkylation sites (tertiary alicyclic amines) is 2. The van der Waals surface area contributed by atoms with Crippen molar-refractivity contribution >= 4 is 29.1 Å². The van der Waals surface area contributed by atoms with Crippen LogP contribution in [0.3, 0.4) is 0 Å². The molecule has 2 aromatic heterocycles. The third-order valence-corrected chi connectivity index (χ3v) is 7.92. The molecule has 7 nitrogen and oxygen atoms in total. The summed E-state index contributed by atoms with van der Waals surface area (Å²) in [4.78, 5) is 49.5. The Balaban J connectivity index is 1.47. The largest absolute Gasteiger partial charge is 0.336 e. The van der Waals surface area contributed by atoms with Crippen molar-refractivity contribution < 1.29 is 14.4 Å². The molecule has 2 aliphatic rings. The number of thiophene rings is 1. The highest BCUT2D eigenvalue weighted by atomic mass is 32.1. The molecule has 2 atom stereocenters. The second-order valence-corrected chi connectivity index (χ2v) is 10.2. The number of carbonyl (C=O) groups is 3. The highest BCUT2D eigenvalue weighted by Crippen LogP contribution is 2.42. The van der Waals surface area contributed by atoms with E-state index in [1.54, 1.807) is 6.20 Å². The smallest absolute Gasteiger partial charge is 0.241 e. The van der Waals surface area contributed by atoms with E-state index in [2.05, 4.69) is 4.98 Å². The number of aryl methyl sites for hydroxylation is 1. The molecule has 0 aliphatic carbocycles. The van der Waals surface area contributed by atoms with Gasteiger partial charge in [-0.3, -0.25) is 19.3 Å². The van der Waals surface area contributed by atoms with E-state index in [1.165, 1.54) is 16.2 Å². The number of piperidine rings is 1. The first kappa shape index (κ1) is 22.5. The molecule has 8 heteroatoms. The van der Waals surface area contributed by atoms with E-state index in [-0.39, 0.29) is 43.1 Å². The van der Waals surface area contributed by atoms with Crippen LogP contribution in [0.1, 0.15) is 54.4 Å². The van der Waals surface area contributed by atoms with Crippen molar-refractivity contribution in [2.75, 3.05) is 6.54 Å². The van der Waals surface area contributed by atoms with Gasteiger partial charge in [-0.1, -0.05) is 36.4 Å². The summed E-state index contributed by atoms with van der Waals surface area (Å²) in [6.45, 7) is 0.875. The zero-order chi connectivity index (χ0) is 23.7. The maximum absolute atomic E-state index is 13.9. The SMILES string of the molecule is Cn1ccnc1[C@@H]1CCCCN1C(=O)C[C@]1(c2ccccc2)CC(=O)N(Cc2cccs2)C1=O. The predicted molar refractivity (Wildman–Crippen MR) is 129 cm³/mol. The van der Waals surface area contributed by atoms with Gasteiger partial charge in [0.1, 0.15) is 5.82 Å². The lowest BCUT2D eigenvalue weighted by molar-refractivity contribution is -0.144. The number of carbonyl (C=O) groups excluding carboxylic acids is 3. The van der Waals surface area contributed by atoms with E-state index in [0.717, 1.165) is 35.5 Å². The molecule has 3 amide bonds. The van der Waals surface area contributed by atoms with E-state index >= 15 is 0 Å². The summed E-state index contributed by atoms with van der Waals surface area (Å²) in [5.41, 5.74) is -0.461. The topological polar surface area (TPSA) is 75.5 Å². The minimum Gasteiger partial charge on any atom is -0.336 e. The quantitative estimate of drug-likeness (QED) is 0.507. The van der Waals surface area contributed by atoms with Gasteiger partial charge in [0.25, 0.3) is 0 Å². The second-order valence-electron chi connectivity index (χ2n) is 9.16. The van der Waals surface area contributed by atoms with Crippen molar-refractivity contribution in [3.05, 3.63) is 76.5 Å². The van der Waals surface area contributed by atoms with Crippen molar-refractivity contribution in [1.29, 1.82) is 0 Å². The van der Waals surface area contributed by atoms with Crippen LogP contribution in [0.2, 0.25) is 0 Å². The maximum atomic E-state index is 13.9. The number of imide groups is 1. The van der Waals surface area contributed by atoms with Crippen LogP contribution in [0, 0.1) is 0 Å². The molecule has 2 fully saturated rings. The second kappa shape index (κ2) is 9.18. The Morgan fingerprint density at radius 1 is 1.15 bits per heavy atom. The van der Waals surface area contributed by atoms with Crippen LogP contribution in [0.5, 0.6) is 0 Å². The van der Waals surface area contributed by atoms with Gasteiger partial charge in [-0.25, -0.2) is 4.98 Å². The van der Waals surface area contributed by atoms with E-state index in [1.807, 2.05) is 70.6 Å². The molecule has 3 aromatic rings. The van der Waals surface area contributed by atoms with E-state index < -0.39 is 5.41 Å². The summed E-state index contributed by atoms with van der Waals surface area (Å²) in [5, 5.41) is 1.93. The Labute approximate surface area is 203 Å². The zero-order valence-electron chi connectivity index (χ0n) is 19.2. The summed E-state index contributed by atoms with van der Waals surface area (Å²) in [6.07, 6.45) is 6.41. The van der Waals surface area contributed by atoms with E-state index in [0.29, 0.717) is 6.54 Å². The van der Waals surface area contributed by atoms with Crippen LogP contribution in [0.25, 0.3) is 0 Å². The molecule has 4 heterocycles. The number of imidazole rings is 1. The van der Waals surface area contributed by atoms with Gasteiger partial charge in [0.05, 0.1) is 18.0 Å². The summed E-state index contributed by atoms with van der Waals surface area (Å²) in [7, 11) is 1.94. The molecule has 0 unspecified atom stereocenters. The van der Waals surface area contributed by atoms with Gasteiger partial charge < -0.3 is 9.47 Å². The first-order chi connectivity index (χ1) is 16.5. The Kier molecular flexibility index (Phi) is 6.08. The first-order valence-corrected chi connectivity index (χ1v) is 12.6. The first-order valence-electron chi connectivity index (χ1n) is 11.7. The van der Waals surface area contributed by atoms with Gasteiger partial charge in [0, 0.05) is 43.7 Å². The number of aromatic nitrogens is 2. The molecule has 5 rings (SSSR count). The molecule has 34 heavy (non-hydrogen) atoms. The monoisotopic (exact) mass is 476 g/mol. The molecule has 0 radical (unpaired) electrons.